The topological polar surface area (TPSA) is 84.9 Å². The summed E-state index contributed by atoms with van der Waals surface area (Å²) in [5, 5.41) is 2.75. The molecule has 0 unspecified atom stereocenters. The fraction of sp³-hybridized carbons (Fsp3) is 0.318. The van der Waals surface area contributed by atoms with E-state index in [1.165, 1.54) is 4.90 Å². The van der Waals surface area contributed by atoms with Crippen molar-refractivity contribution in [3.63, 3.8) is 0 Å². The van der Waals surface area contributed by atoms with Crippen molar-refractivity contribution >= 4 is 45.1 Å². The van der Waals surface area contributed by atoms with Crippen LogP contribution >= 0.6 is 15.9 Å². The lowest BCUT2D eigenvalue weighted by molar-refractivity contribution is -0.151. The average molecular weight is 475 g/mol. The third kappa shape index (κ3) is 4.99. The van der Waals surface area contributed by atoms with E-state index in [1.54, 1.807) is 31.4 Å². The molecule has 7 nitrogen and oxygen atoms in total. The van der Waals surface area contributed by atoms with Crippen molar-refractivity contribution in [3.8, 4) is 5.75 Å². The second-order valence-corrected chi connectivity index (χ2v) is 8.03. The molecule has 1 saturated heterocycles. The Kier molecular flexibility index (Phi) is 6.77. The predicted molar refractivity (Wildman–Crippen MR) is 117 cm³/mol. The molecule has 0 bridgehead atoms. The first-order chi connectivity index (χ1) is 14.3. The third-order valence-corrected chi connectivity index (χ3v) is 5.80. The summed E-state index contributed by atoms with van der Waals surface area (Å²) in [5.74, 6) is -1.15. The van der Waals surface area contributed by atoms with Crippen LogP contribution in [0.15, 0.2) is 40.9 Å². The number of amides is 2. The zero-order valence-electron chi connectivity index (χ0n) is 17.0. The van der Waals surface area contributed by atoms with Crippen LogP contribution in [0.4, 0.5) is 11.4 Å². The molecule has 1 aliphatic heterocycles. The number of rotatable bonds is 6. The van der Waals surface area contributed by atoms with Crippen LogP contribution in [-0.4, -0.2) is 38.0 Å². The monoisotopic (exact) mass is 474 g/mol. The summed E-state index contributed by atoms with van der Waals surface area (Å²) in [6.07, 6.45) is 0.0443. The SMILES string of the molecule is COc1cccc(N2C[C@H](C(=O)OCC(=O)Nc3cc(C)c(Br)cc3C)CC2=O)c1. The van der Waals surface area contributed by atoms with Crippen LogP contribution in [0.25, 0.3) is 0 Å². The van der Waals surface area contributed by atoms with E-state index in [0.717, 1.165) is 15.6 Å². The van der Waals surface area contributed by atoms with E-state index in [1.807, 2.05) is 26.0 Å². The normalized spacial score (nSPS) is 15.8. The van der Waals surface area contributed by atoms with Crippen molar-refractivity contribution in [2.75, 3.05) is 30.5 Å². The first kappa shape index (κ1) is 21.8. The summed E-state index contributed by atoms with van der Waals surface area (Å²) in [6, 6.07) is 10.8. The number of hydrogen-bond donors (Lipinski definition) is 1. The molecule has 0 aromatic heterocycles. The van der Waals surface area contributed by atoms with Crippen LogP contribution in [-0.2, 0) is 19.1 Å². The average Bonchev–Trinajstić information content (AvgIpc) is 3.12. The number of nitrogens with one attached hydrogen (secondary N) is 1. The Morgan fingerprint density at radius 2 is 1.97 bits per heavy atom. The first-order valence-electron chi connectivity index (χ1n) is 9.46. The van der Waals surface area contributed by atoms with Crippen LogP contribution in [0, 0.1) is 19.8 Å². The van der Waals surface area contributed by atoms with Gasteiger partial charge < -0.3 is 19.7 Å². The van der Waals surface area contributed by atoms with Gasteiger partial charge in [-0.3, -0.25) is 14.4 Å². The Balaban J connectivity index is 1.55. The molecule has 2 aromatic rings. The molecule has 158 valence electrons. The van der Waals surface area contributed by atoms with Crippen molar-refractivity contribution in [1.29, 1.82) is 0 Å². The Hall–Kier alpha value is -2.87. The zero-order valence-corrected chi connectivity index (χ0v) is 18.6. The zero-order chi connectivity index (χ0) is 21.8. The van der Waals surface area contributed by atoms with Gasteiger partial charge in [-0.15, -0.1) is 0 Å². The number of halogens is 1. The number of benzene rings is 2. The predicted octanol–water partition coefficient (Wildman–Crippen LogP) is 3.61. The lowest BCUT2D eigenvalue weighted by Gasteiger charge is -2.17. The third-order valence-electron chi connectivity index (χ3n) is 4.95. The van der Waals surface area contributed by atoms with Crippen molar-refractivity contribution in [2.24, 2.45) is 5.92 Å². The summed E-state index contributed by atoms with van der Waals surface area (Å²) < 4.78 is 11.3. The molecule has 2 aromatic carbocycles. The molecular formula is C22H23BrN2O5. The molecule has 0 spiro atoms. The highest BCUT2D eigenvalue weighted by molar-refractivity contribution is 9.10. The van der Waals surface area contributed by atoms with Crippen LogP contribution in [0.5, 0.6) is 5.75 Å². The van der Waals surface area contributed by atoms with Gasteiger partial charge in [0.15, 0.2) is 6.61 Å². The van der Waals surface area contributed by atoms with Gasteiger partial charge in [-0.05, 0) is 49.2 Å². The second-order valence-electron chi connectivity index (χ2n) is 7.18. The van der Waals surface area contributed by atoms with Crippen molar-refractivity contribution in [1.82, 2.24) is 0 Å². The van der Waals surface area contributed by atoms with Gasteiger partial charge in [0.2, 0.25) is 5.91 Å². The van der Waals surface area contributed by atoms with E-state index in [0.29, 0.717) is 17.1 Å². The van der Waals surface area contributed by atoms with Crippen LogP contribution in [0.3, 0.4) is 0 Å². The van der Waals surface area contributed by atoms with Crippen LogP contribution in [0.1, 0.15) is 17.5 Å². The Bertz CT molecular complexity index is 991. The van der Waals surface area contributed by atoms with E-state index in [9.17, 15) is 14.4 Å². The van der Waals surface area contributed by atoms with Gasteiger partial charge in [-0.2, -0.15) is 0 Å². The maximum atomic E-state index is 12.4. The molecule has 1 N–H and O–H groups in total. The number of carbonyl (C=O) groups excluding carboxylic acids is 3. The van der Waals surface area contributed by atoms with Crippen LogP contribution in [0.2, 0.25) is 0 Å². The highest BCUT2D eigenvalue weighted by Crippen LogP contribution is 2.28. The number of carbonyl (C=O) groups is 3. The molecule has 0 saturated carbocycles. The van der Waals surface area contributed by atoms with Crippen molar-refractivity contribution < 1.29 is 23.9 Å². The minimum Gasteiger partial charge on any atom is -0.497 e. The second kappa shape index (κ2) is 9.30. The first-order valence-corrected chi connectivity index (χ1v) is 10.3. The summed E-state index contributed by atoms with van der Waals surface area (Å²) in [5.41, 5.74) is 3.20. The molecule has 8 heteroatoms. The molecular weight excluding hydrogens is 452 g/mol. The van der Waals surface area contributed by atoms with Crippen LogP contribution < -0.4 is 15.0 Å². The van der Waals surface area contributed by atoms with E-state index in [4.69, 9.17) is 9.47 Å². The smallest absolute Gasteiger partial charge is 0.311 e. The number of anilines is 2. The molecule has 2 amide bonds. The van der Waals surface area contributed by atoms with Gasteiger partial charge in [0.25, 0.3) is 5.91 Å². The van der Waals surface area contributed by atoms with E-state index >= 15 is 0 Å². The van der Waals surface area contributed by atoms with E-state index in [2.05, 4.69) is 21.2 Å². The number of ether oxygens (including phenoxy) is 2. The molecule has 30 heavy (non-hydrogen) atoms. The summed E-state index contributed by atoms with van der Waals surface area (Å²) in [6.45, 7) is 3.60. The Morgan fingerprint density at radius 3 is 2.70 bits per heavy atom. The molecule has 1 atom stereocenters. The maximum Gasteiger partial charge on any atom is 0.311 e. The van der Waals surface area contributed by atoms with Crippen molar-refractivity contribution in [3.05, 3.63) is 52.0 Å². The largest absolute Gasteiger partial charge is 0.497 e. The van der Waals surface area contributed by atoms with Gasteiger partial charge in [-0.1, -0.05) is 22.0 Å². The number of aryl methyl sites for hydroxylation is 2. The fourth-order valence-corrected chi connectivity index (χ4v) is 3.71. The quantitative estimate of drug-likeness (QED) is 0.646. The van der Waals surface area contributed by atoms with Gasteiger partial charge in [0.1, 0.15) is 5.75 Å². The minimum absolute atomic E-state index is 0.0443. The molecule has 0 radical (unpaired) electrons. The Labute approximate surface area is 183 Å². The highest BCUT2D eigenvalue weighted by atomic mass is 79.9. The standard InChI is InChI=1S/C22H23BrN2O5/c1-13-8-19(14(2)7-18(13)23)24-20(26)12-30-22(28)15-9-21(27)25(11-15)16-5-4-6-17(10-16)29-3/h4-8,10,15H,9,11-12H2,1-3H3,(H,24,26)/t15-/m1/s1. The molecule has 3 rings (SSSR count). The van der Waals surface area contributed by atoms with Gasteiger partial charge in [-0.25, -0.2) is 0 Å². The van der Waals surface area contributed by atoms with Crippen molar-refractivity contribution in [2.45, 2.75) is 20.3 Å². The number of esters is 1. The molecule has 0 aliphatic carbocycles. The number of methoxy groups -OCH3 is 1. The minimum atomic E-state index is -0.617. The molecule has 1 fully saturated rings. The van der Waals surface area contributed by atoms with E-state index in [-0.39, 0.29) is 18.9 Å². The van der Waals surface area contributed by atoms with E-state index < -0.39 is 24.4 Å². The maximum absolute atomic E-state index is 12.4. The number of nitrogens with zero attached hydrogens (tertiary/aromatic N) is 1. The summed E-state index contributed by atoms with van der Waals surface area (Å²) in [7, 11) is 1.55. The lowest BCUT2D eigenvalue weighted by atomic mass is 10.1. The van der Waals surface area contributed by atoms with Gasteiger partial charge in [0, 0.05) is 34.9 Å². The fourth-order valence-electron chi connectivity index (χ4n) is 3.25. The van der Waals surface area contributed by atoms with Gasteiger partial charge >= 0.3 is 5.97 Å². The summed E-state index contributed by atoms with van der Waals surface area (Å²) in [4.78, 5) is 38.5. The molecule has 1 aliphatic rings. The number of hydrogen-bond acceptors (Lipinski definition) is 5. The summed E-state index contributed by atoms with van der Waals surface area (Å²) >= 11 is 3.45. The van der Waals surface area contributed by atoms with Gasteiger partial charge in [0.05, 0.1) is 13.0 Å². The molecule has 1 heterocycles. The lowest BCUT2D eigenvalue weighted by Crippen LogP contribution is -2.28. The highest BCUT2D eigenvalue weighted by Gasteiger charge is 2.36. The Morgan fingerprint density at radius 1 is 1.20 bits per heavy atom.